The molecule has 0 amide bonds. The van der Waals surface area contributed by atoms with Gasteiger partial charge in [0.25, 0.3) is 0 Å². The summed E-state index contributed by atoms with van der Waals surface area (Å²) >= 11 is 5.35. The first kappa shape index (κ1) is 11.6. The fraction of sp³-hybridized carbons (Fsp3) is 0.636. The molecule has 1 aromatic rings. The van der Waals surface area contributed by atoms with Crippen molar-refractivity contribution in [1.82, 2.24) is 4.90 Å². The third kappa shape index (κ3) is 3.03. The minimum atomic E-state index is 0.527. The van der Waals surface area contributed by atoms with E-state index in [-0.39, 0.29) is 0 Å². The lowest BCUT2D eigenvalue weighted by Crippen LogP contribution is -2.34. The minimum absolute atomic E-state index is 0.527. The molecule has 0 aliphatic carbocycles. The summed E-state index contributed by atoms with van der Waals surface area (Å²) in [5.41, 5.74) is 1.40. The standard InChI is InChI=1S/C11H16BrNOS/c1-9-8-14-5-2-4-13(9)7-10-3-6-15-11(10)12/h3,6,9H,2,4-5,7-8H2,1H3. The fourth-order valence-corrected chi connectivity index (χ4v) is 3.05. The maximum absolute atomic E-state index is 5.54. The van der Waals surface area contributed by atoms with E-state index in [0.717, 1.165) is 32.7 Å². The molecule has 0 radical (unpaired) electrons. The summed E-state index contributed by atoms with van der Waals surface area (Å²) in [6.07, 6.45) is 1.14. The fourth-order valence-electron chi connectivity index (χ4n) is 1.84. The monoisotopic (exact) mass is 289 g/mol. The molecule has 0 saturated carbocycles. The van der Waals surface area contributed by atoms with Crippen LogP contribution in [0.5, 0.6) is 0 Å². The SMILES string of the molecule is CC1COCCCN1Cc1ccsc1Br. The van der Waals surface area contributed by atoms with Gasteiger partial charge in [0.15, 0.2) is 0 Å². The van der Waals surface area contributed by atoms with Crippen LogP contribution in [-0.2, 0) is 11.3 Å². The van der Waals surface area contributed by atoms with Gasteiger partial charge in [0.1, 0.15) is 0 Å². The molecule has 84 valence electrons. The minimum Gasteiger partial charge on any atom is -0.380 e. The molecule has 2 heterocycles. The molecule has 1 aliphatic rings. The molecular formula is C11H16BrNOS. The Balaban J connectivity index is 2.00. The van der Waals surface area contributed by atoms with Crippen molar-refractivity contribution in [1.29, 1.82) is 0 Å². The summed E-state index contributed by atoms with van der Waals surface area (Å²) in [6.45, 7) is 6.19. The lowest BCUT2D eigenvalue weighted by molar-refractivity contribution is 0.105. The normalized spacial score (nSPS) is 24.0. The smallest absolute Gasteiger partial charge is 0.0743 e. The average molecular weight is 290 g/mol. The van der Waals surface area contributed by atoms with Crippen molar-refractivity contribution in [3.05, 3.63) is 20.8 Å². The Kier molecular flexibility index (Phi) is 4.20. The van der Waals surface area contributed by atoms with Crippen LogP contribution in [0.2, 0.25) is 0 Å². The van der Waals surface area contributed by atoms with Gasteiger partial charge in [0.2, 0.25) is 0 Å². The van der Waals surface area contributed by atoms with Crippen LogP contribution in [0.4, 0.5) is 0 Å². The first-order chi connectivity index (χ1) is 7.27. The highest BCUT2D eigenvalue weighted by Gasteiger charge is 2.18. The van der Waals surface area contributed by atoms with E-state index >= 15 is 0 Å². The second kappa shape index (κ2) is 5.43. The number of hydrogen-bond acceptors (Lipinski definition) is 3. The third-order valence-electron chi connectivity index (χ3n) is 2.78. The van der Waals surface area contributed by atoms with Crippen molar-refractivity contribution >= 4 is 27.3 Å². The molecule has 4 heteroatoms. The van der Waals surface area contributed by atoms with Crippen molar-refractivity contribution in [2.75, 3.05) is 19.8 Å². The summed E-state index contributed by atoms with van der Waals surface area (Å²) in [7, 11) is 0. The number of hydrogen-bond donors (Lipinski definition) is 0. The van der Waals surface area contributed by atoms with Gasteiger partial charge in [-0.15, -0.1) is 11.3 Å². The van der Waals surface area contributed by atoms with Crippen molar-refractivity contribution in [3.8, 4) is 0 Å². The molecule has 1 unspecified atom stereocenters. The van der Waals surface area contributed by atoms with Gasteiger partial charge in [0, 0.05) is 25.7 Å². The van der Waals surface area contributed by atoms with Gasteiger partial charge in [-0.25, -0.2) is 0 Å². The maximum Gasteiger partial charge on any atom is 0.0743 e. The van der Waals surface area contributed by atoms with Crippen LogP contribution in [0.15, 0.2) is 15.2 Å². The Morgan fingerprint density at radius 2 is 2.53 bits per heavy atom. The zero-order valence-corrected chi connectivity index (χ0v) is 11.3. The van der Waals surface area contributed by atoms with Gasteiger partial charge in [-0.2, -0.15) is 0 Å². The Hall–Kier alpha value is 0.100. The second-order valence-corrected chi connectivity index (χ2v) is 6.20. The molecule has 0 aromatic carbocycles. The molecule has 0 bridgehead atoms. The highest BCUT2D eigenvalue weighted by Crippen LogP contribution is 2.25. The van der Waals surface area contributed by atoms with Gasteiger partial charge in [0.05, 0.1) is 10.4 Å². The van der Waals surface area contributed by atoms with Gasteiger partial charge in [-0.05, 0) is 46.3 Å². The van der Waals surface area contributed by atoms with Crippen molar-refractivity contribution in [2.45, 2.75) is 25.9 Å². The summed E-state index contributed by atoms with van der Waals surface area (Å²) in [6, 6.07) is 2.73. The summed E-state index contributed by atoms with van der Waals surface area (Å²) in [4.78, 5) is 2.50. The first-order valence-corrected chi connectivity index (χ1v) is 6.98. The summed E-state index contributed by atoms with van der Waals surface area (Å²) < 4.78 is 6.80. The lowest BCUT2D eigenvalue weighted by atomic mass is 10.2. The molecule has 0 N–H and O–H groups in total. The third-order valence-corrected chi connectivity index (χ3v) is 4.59. The van der Waals surface area contributed by atoms with E-state index in [4.69, 9.17) is 4.74 Å². The predicted molar refractivity (Wildman–Crippen MR) is 67.3 cm³/mol. The average Bonchev–Trinajstić information content (AvgIpc) is 2.50. The van der Waals surface area contributed by atoms with Gasteiger partial charge in [-0.3, -0.25) is 4.90 Å². The highest BCUT2D eigenvalue weighted by molar-refractivity contribution is 9.11. The predicted octanol–water partition coefficient (Wildman–Crippen LogP) is 3.12. The van der Waals surface area contributed by atoms with Crippen LogP contribution >= 0.6 is 27.3 Å². The molecule has 2 nitrogen and oxygen atoms in total. The zero-order chi connectivity index (χ0) is 10.7. The molecule has 2 rings (SSSR count). The zero-order valence-electron chi connectivity index (χ0n) is 8.91. The van der Waals surface area contributed by atoms with E-state index in [1.165, 1.54) is 9.35 Å². The van der Waals surface area contributed by atoms with E-state index in [0.29, 0.717) is 6.04 Å². The number of rotatable bonds is 2. The quantitative estimate of drug-likeness (QED) is 0.830. The molecule has 15 heavy (non-hydrogen) atoms. The molecule has 1 saturated heterocycles. The van der Waals surface area contributed by atoms with E-state index in [1.54, 1.807) is 11.3 Å². The van der Waals surface area contributed by atoms with Gasteiger partial charge >= 0.3 is 0 Å². The molecule has 1 aliphatic heterocycles. The van der Waals surface area contributed by atoms with Crippen molar-refractivity contribution in [2.24, 2.45) is 0 Å². The molecular weight excluding hydrogens is 274 g/mol. The Morgan fingerprint density at radius 1 is 1.67 bits per heavy atom. The van der Waals surface area contributed by atoms with Crippen LogP contribution in [0.1, 0.15) is 18.9 Å². The molecule has 1 fully saturated rings. The van der Waals surface area contributed by atoms with Crippen LogP contribution in [0.3, 0.4) is 0 Å². The Labute approximate surface area is 103 Å². The van der Waals surface area contributed by atoms with Crippen LogP contribution in [0.25, 0.3) is 0 Å². The van der Waals surface area contributed by atoms with Crippen molar-refractivity contribution < 1.29 is 4.74 Å². The van der Waals surface area contributed by atoms with Crippen molar-refractivity contribution in [3.63, 3.8) is 0 Å². The molecule has 0 spiro atoms. The van der Waals surface area contributed by atoms with E-state index in [1.807, 2.05) is 0 Å². The van der Waals surface area contributed by atoms with E-state index in [9.17, 15) is 0 Å². The number of halogens is 1. The largest absolute Gasteiger partial charge is 0.380 e. The van der Waals surface area contributed by atoms with E-state index in [2.05, 4.69) is 39.2 Å². The van der Waals surface area contributed by atoms with Crippen LogP contribution in [0, 0.1) is 0 Å². The topological polar surface area (TPSA) is 12.5 Å². The van der Waals surface area contributed by atoms with Gasteiger partial charge in [-0.1, -0.05) is 0 Å². The van der Waals surface area contributed by atoms with Crippen LogP contribution in [-0.4, -0.2) is 30.7 Å². The first-order valence-electron chi connectivity index (χ1n) is 5.31. The van der Waals surface area contributed by atoms with Crippen LogP contribution < -0.4 is 0 Å². The van der Waals surface area contributed by atoms with E-state index < -0.39 is 0 Å². The highest BCUT2D eigenvalue weighted by atomic mass is 79.9. The summed E-state index contributed by atoms with van der Waals surface area (Å²) in [5.74, 6) is 0. The summed E-state index contributed by atoms with van der Waals surface area (Å²) in [5, 5.41) is 2.14. The Morgan fingerprint density at radius 3 is 3.27 bits per heavy atom. The lowest BCUT2D eigenvalue weighted by Gasteiger charge is -2.25. The maximum atomic E-state index is 5.54. The molecule has 1 atom stereocenters. The second-order valence-electron chi connectivity index (χ2n) is 3.97. The number of nitrogens with zero attached hydrogens (tertiary/aromatic N) is 1. The Bertz CT molecular complexity index is 315. The van der Waals surface area contributed by atoms with Gasteiger partial charge < -0.3 is 4.74 Å². The number of thiophene rings is 1. The molecule has 1 aromatic heterocycles. The number of ether oxygens (including phenoxy) is 1.